The monoisotopic (exact) mass is 250 g/mol. The topological polar surface area (TPSA) is 56.0 Å². The highest BCUT2D eigenvalue weighted by atomic mass is 19.1. The van der Waals surface area contributed by atoms with Crippen LogP contribution in [0.5, 0.6) is 0 Å². The van der Waals surface area contributed by atoms with Crippen molar-refractivity contribution in [2.24, 2.45) is 5.92 Å². The Morgan fingerprint density at radius 2 is 2.22 bits per heavy atom. The lowest BCUT2D eigenvalue weighted by Crippen LogP contribution is -2.16. The summed E-state index contributed by atoms with van der Waals surface area (Å²) in [6, 6.07) is 6.42. The van der Waals surface area contributed by atoms with Gasteiger partial charge >= 0.3 is 0 Å². The Balaban J connectivity index is 2.67. The molecule has 4 heteroatoms. The molecule has 0 saturated heterocycles. The molecule has 1 unspecified atom stereocenters. The van der Waals surface area contributed by atoms with Gasteiger partial charge in [0.15, 0.2) is 0 Å². The standard InChI is InChI=1S/C14H19FN2O/c1-2-4-11(7-8-18)10-17-14-6-3-5-13(15)12(14)9-16/h3,5-6,11,17-18H,2,4,7-8,10H2,1H3. The molecule has 0 radical (unpaired) electrons. The van der Waals surface area contributed by atoms with Crippen molar-refractivity contribution in [3.63, 3.8) is 0 Å². The molecule has 98 valence electrons. The van der Waals surface area contributed by atoms with E-state index in [1.165, 1.54) is 6.07 Å². The number of nitrogens with one attached hydrogen (secondary N) is 1. The van der Waals surface area contributed by atoms with Gasteiger partial charge in [0.25, 0.3) is 0 Å². The molecule has 0 aliphatic heterocycles. The van der Waals surface area contributed by atoms with E-state index < -0.39 is 5.82 Å². The van der Waals surface area contributed by atoms with Crippen LogP contribution in [-0.4, -0.2) is 18.3 Å². The van der Waals surface area contributed by atoms with Crippen molar-refractivity contribution in [1.29, 1.82) is 5.26 Å². The minimum absolute atomic E-state index is 0.0525. The van der Waals surface area contributed by atoms with Crippen LogP contribution in [0.25, 0.3) is 0 Å². The molecule has 1 atom stereocenters. The van der Waals surface area contributed by atoms with Crippen LogP contribution in [0.15, 0.2) is 18.2 Å². The number of aliphatic hydroxyl groups excluding tert-OH is 1. The molecule has 0 saturated carbocycles. The number of nitrogens with zero attached hydrogens (tertiary/aromatic N) is 1. The van der Waals surface area contributed by atoms with Gasteiger partial charge in [-0.05, 0) is 30.9 Å². The van der Waals surface area contributed by atoms with Crippen molar-refractivity contribution in [2.75, 3.05) is 18.5 Å². The molecular formula is C14H19FN2O. The van der Waals surface area contributed by atoms with E-state index >= 15 is 0 Å². The average molecular weight is 250 g/mol. The van der Waals surface area contributed by atoms with Crippen LogP contribution in [0.1, 0.15) is 31.7 Å². The molecule has 1 aromatic rings. The van der Waals surface area contributed by atoms with Gasteiger partial charge in [-0.25, -0.2) is 4.39 Å². The first-order chi connectivity index (χ1) is 8.72. The lowest BCUT2D eigenvalue weighted by Gasteiger charge is -2.17. The van der Waals surface area contributed by atoms with Crippen molar-refractivity contribution in [3.05, 3.63) is 29.6 Å². The Labute approximate surface area is 107 Å². The fourth-order valence-corrected chi connectivity index (χ4v) is 1.98. The van der Waals surface area contributed by atoms with Gasteiger partial charge < -0.3 is 10.4 Å². The van der Waals surface area contributed by atoms with Crippen molar-refractivity contribution in [1.82, 2.24) is 0 Å². The summed E-state index contributed by atoms with van der Waals surface area (Å²) in [7, 11) is 0. The van der Waals surface area contributed by atoms with E-state index in [1.807, 2.05) is 6.07 Å². The maximum Gasteiger partial charge on any atom is 0.143 e. The Morgan fingerprint density at radius 1 is 1.44 bits per heavy atom. The van der Waals surface area contributed by atoms with Gasteiger partial charge in [-0.3, -0.25) is 0 Å². The second kappa shape index (κ2) is 7.67. The molecule has 1 aromatic carbocycles. The molecule has 0 heterocycles. The minimum atomic E-state index is -0.503. The highest BCUT2D eigenvalue weighted by molar-refractivity contribution is 5.57. The number of hydrogen-bond acceptors (Lipinski definition) is 3. The van der Waals surface area contributed by atoms with Crippen LogP contribution >= 0.6 is 0 Å². The normalized spacial score (nSPS) is 11.9. The van der Waals surface area contributed by atoms with Gasteiger partial charge in [-0.15, -0.1) is 0 Å². The molecule has 0 amide bonds. The van der Waals surface area contributed by atoms with E-state index in [-0.39, 0.29) is 12.2 Å². The quantitative estimate of drug-likeness (QED) is 0.782. The van der Waals surface area contributed by atoms with Crippen molar-refractivity contribution < 1.29 is 9.50 Å². The van der Waals surface area contributed by atoms with Gasteiger partial charge in [0.1, 0.15) is 17.4 Å². The summed E-state index contributed by atoms with van der Waals surface area (Å²) in [5, 5.41) is 21.0. The van der Waals surface area contributed by atoms with Gasteiger partial charge in [0, 0.05) is 13.2 Å². The van der Waals surface area contributed by atoms with Crippen LogP contribution in [0.3, 0.4) is 0 Å². The van der Waals surface area contributed by atoms with Crippen molar-refractivity contribution in [2.45, 2.75) is 26.2 Å². The summed E-state index contributed by atoms with van der Waals surface area (Å²) < 4.78 is 13.4. The third-order valence-electron chi connectivity index (χ3n) is 2.94. The predicted molar refractivity (Wildman–Crippen MR) is 69.7 cm³/mol. The first-order valence-electron chi connectivity index (χ1n) is 6.26. The third-order valence-corrected chi connectivity index (χ3v) is 2.94. The Bertz CT molecular complexity index is 409. The summed E-state index contributed by atoms with van der Waals surface area (Å²) in [6.45, 7) is 2.89. The number of nitriles is 1. The lowest BCUT2D eigenvalue weighted by atomic mass is 10.00. The smallest absolute Gasteiger partial charge is 0.143 e. The molecule has 3 nitrogen and oxygen atoms in total. The van der Waals surface area contributed by atoms with Crippen molar-refractivity contribution in [3.8, 4) is 6.07 Å². The molecule has 0 aromatic heterocycles. The lowest BCUT2D eigenvalue weighted by molar-refractivity contribution is 0.255. The SMILES string of the molecule is CCCC(CCO)CNc1cccc(F)c1C#N. The molecule has 0 aliphatic carbocycles. The Hall–Kier alpha value is -1.60. The largest absolute Gasteiger partial charge is 0.396 e. The molecular weight excluding hydrogens is 231 g/mol. The van der Waals surface area contributed by atoms with E-state index in [1.54, 1.807) is 12.1 Å². The summed E-state index contributed by atoms with van der Waals surface area (Å²) in [6.07, 6.45) is 2.77. The van der Waals surface area contributed by atoms with Gasteiger partial charge in [0.05, 0.1) is 5.69 Å². The number of halogens is 1. The third kappa shape index (κ3) is 4.01. The van der Waals surface area contributed by atoms with E-state index in [2.05, 4.69) is 12.2 Å². The average Bonchev–Trinajstić information content (AvgIpc) is 2.36. The molecule has 0 bridgehead atoms. The number of anilines is 1. The maximum atomic E-state index is 13.4. The number of hydrogen-bond donors (Lipinski definition) is 2. The zero-order valence-electron chi connectivity index (χ0n) is 10.6. The molecule has 0 spiro atoms. The molecule has 0 fully saturated rings. The van der Waals surface area contributed by atoms with Crippen LogP contribution in [0.2, 0.25) is 0 Å². The molecule has 0 aliphatic rings. The van der Waals surface area contributed by atoms with Crippen LogP contribution < -0.4 is 5.32 Å². The predicted octanol–water partition coefficient (Wildman–Crippen LogP) is 2.91. The van der Waals surface area contributed by atoms with E-state index in [0.717, 1.165) is 19.3 Å². The van der Waals surface area contributed by atoms with E-state index in [0.29, 0.717) is 18.2 Å². The molecule has 2 N–H and O–H groups in total. The molecule has 1 rings (SSSR count). The number of benzene rings is 1. The van der Waals surface area contributed by atoms with E-state index in [4.69, 9.17) is 10.4 Å². The van der Waals surface area contributed by atoms with E-state index in [9.17, 15) is 4.39 Å². The number of rotatable bonds is 7. The summed E-state index contributed by atoms with van der Waals surface area (Å²) in [5.74, 6) is -0.161. The number of aliphatic hydroxyl groups is 1. The second-order valence-corrected chi connectivity index (χ2v) is 4.32. The minimum Gasteiger partial charge on any atom is -0.396 e. The van der Waals surface area contributed by atoms with Crippen LogP contribution in [0.4, 0.5) is 10.1 Å². The zero-order valence-corrected chi connectivity index (χ0v) is 10.6. The van der Waals surface area contributed by atoms with Gasteiger partial charge in [-0.2, -0.15) is 5.26 Å². The Kier molecular flexibility index (Phi) is 6.16. The summed E-state index contributed by atoms with van der Waals surface area (Å²) in [5.41, 5.74) is 0.577. The maximum absolute atomic E-state index is 13.4. The van der Waals surface area contributed by atoms with Gasteiger partial charge in [0.2, 0.25) is 0 Å². The first-order valence-corrected chi connectivity index (χ1v) is 6.26. The highest BCUT2D eigenvalue weighted by Gasteiger charge is 2.10. The fourth-order valence-electron chi connectivity index (χ4n) is 1.98. The highest BCUT2D eigenvalue weighted by Crippen LogP contribution is 2.19. The van der Waals surface area contributed by atoms with Crippen LogP contribution in [-0.2, 0) is 0 Å². The van der Waals surface area contributed by atoms with Crippen molar-refractivity contribution >= 4 is 5.69 Å². The second-order valence-electron chi connectivity index (χ2n) is 4.32. The molecule has 18 heavy (non-hydrogen) atoms. The Morgan fingerprint density at radius 3 is 2.83 bits per heavy atom. The zero-order chi connectivity index (χ0) is 13.4. The fraction of sp³-hybridized carbons (Fsp3) is 0.500. The van der Waals surface area contributed by atoms with Gasteiger partial charge in [-0.1, -0.05) is 19.4 Å². The summed E-state index contributed by atoms with van der Waals surface area (Å²) >= 11 is 0. The summed E-state index contributed by atoms with van der Waals surface area (Å²) in [4.78, 5) is 0. The van der Waals surface area contributed by atoms with Crippen LogP contribution in [0, 0.1) is 23.1 Å². The first kappa shape index (κ1) is 14.5.